The van der Waals surface area contributed by atoms with Gasteiger partial charge in [-0.25, -0.2) is 4.39 Å². The summed E-state index contributed by atoms with van der Waals surface area (Å²) >= 11 is 5.71. The Labute approximate surface area is 278 Å². The van der Waals surface area contributed by atoms with Crippen LogP contribution in [0, 0.1) is 17.8 Å². The Morgan fingerprint density at radius 1 is 1.02 bits per heavy atom. The van der Waals surface area contributed by atoms with E-state index in [0.717, 1.165) is 6.08 Å². The number of carbonyl (C=O) groups is 3. The number of alkyl halides is 4. The summed E-state index contributed by atoms with van der Waals surface area (Å²) in [5.74, 6) is -1.56. The molecule has 0 aromatic heterocycles. The topological polar surface area (TPSA) is 73.4 Å². The zero-order valence-electron chi connectivity index (χ0n) is 27.0. The van der Waals surface area contributed by atoms with Gasteiger partial charge in [-0.2, -0.15) is 13.2 Å². The van der Waals surface area contributed by atoms with Gasteiger partial charge in [0.15, 0.2) is 0 Å². The maximum absolute atomic E-state index is 17.2. The number of allylic oxidation sites excluding steroid dienone is 2. The van der Waals surface area contributed by atoms with E-state index in [2.05, 4.69) is 0 Å². The van der Waals surface area contributed by atoms with Gasteiger partial charge >= 0.3 is 6.18 Å². The fourth-order valence-electron chi connectivity index (χ4n) is 7.61. The van der Waals surface area contributed by atoms with Gasteiger partial charge in [0.25, 0.3) is 5.91 Å². The van der Waals surface area contributed by atoms with Crippen LogP contribution in [0.4, 0.5) is 17.6 Å². The molecule has 3 heterocycles. The third-order valence-electron chi connectivity index (χ3n) is 10.4. The van der Waals surface area contributed by atoms with E-state index < -0.39 is 40.5 Å². The number of benzene rings is 1. The number of halogens is 5. The number of nitrogens with zero attached hydrogens (tertiary/aromatic N) is 4. The van der Waals surface area contributed by atoms with E-state index in [1.165, 1.54) is 18.1 Å². The van der Waals surface area contributed by atoms with Crippen molar-refractivity contribution in [1.82, 2.24) is 19.6 Å². The molecule has 3 saturated heterocycles. The molecule has 4 aliphatic rings. The van der Waals surface area contributed by atoms with E-state index in [1.807, 2.05) is 4.90 Å². The molecule has 5 rings (SSSR count). The highest BCUT2D eigenvalue weighted by Crippen LogP contribution is 2.43. The molecule has 1 aromatic rings. The van der Waals surface area contributed by atoms with Crippen molar-refractivity contribution in [3.05, 3.63) is 53.6 Å². The lowest BCUT2D eigenvalue weighted by molar-refractivity contribution is -0.146. The number of rotatable bonds is 8. The van der Waals surface area contributed by atoms with E-state index in [-0.39, 0.29) is 56.4 Å². The lowest BCUT2D eigenvalue weighted by Crippen LogP contribution is -2.54. The minimum absolute atomic E-state index is 0.0141. The third kappa shape index (κ3) is 7.70. The minimum atomic E-state index is -4.48. The van der Waals surface area contributed by atoms with Gasteiger partial charge in [-0.1, -0.05) is 30.4 Å². The van der Waals surface area contributed by atoms with Crippen LogP contribution >= 0.6 is 11.6 Å². The summed E-state index contributed by atoms with van der Waals surface area (Å²) < 4.78 is 63.7. The van der Waals surface area contributed by atoms with Crippen molar-refractivity contribution >= 4 is 28.7 Å². The monoisotopic (exact) mass is 682 g/mol. The highest BCUT2D eigenvalue weighted by atomic mass is 35.5. The molecule has 8 nitrogen and oxygen atoms in total. The number of amides is 2. The Morgan fingerprint density at radius 2 is 1.66 bits per heavy atom. The number of ether oxygens (including phenoxy) is 1. The number of likely N-dealkylation sites (tertiary alicyclic amines) is 3. The Balaban J connectivity index is 1.31. The number of hydrogen-bond acceptors (Lipinski definition) is 6. The van der Waals surface area contributed by atoms with Crippen molar-refractivity contribution in [2.45, 2.75) is 49.5 Å². The summed E-state index contributed by atoms with van der Waals surface area (Å²) in [6.07, 6.45) is 1.59. The van der Waals surface area contributed by atoms with Gasteiger partial charge < -0.3 is 14.5 Å². The lowest BCUT2D eigenvalue weighted by atomic mass is 9.75. The molecule has 0 spiro atoms. The molecule has 0 saturated carbocycles. The summed E-state index contributed by atoms with van der Waals surface area (Å²) in [7, 11) is 4.80. The molecule has 13 heteroatoms. The summed E-state index contributed by atoms with van der Waals surface area (Å²) in [6.45, 7) is 1.43. The smallest absolute Gasteiger partial charge is 0.416 e. The van der Waals surface area contributed by atoms with Gasteiger partial charge in [0.1, 0.15) is 5.75 Å². The maximum Gasteiger partial charge on any atom is 0.416 e. The fourth-order valence-corrected chi connectivity index (χ4v) is 7.82. The number of piperidine rings is 2. The Kier molecular flexibility index (Phi) is 10.7. The van der Waals surface area contributed by atoms with Gasteiger partial charge in [-0.15, -0.1) is 0 Å². The minimum Gasteiger partial charge on any atom is -0.497 e. The molecule has 2 amide bonds. The van der Waals surface area contributed by atoms with Crippen molar-refractivity contribution in [2.24, 2.45) is 17.8 Å². The maximum atomic E-state index is 17.2. The van der Waals surface area contributed by atoms with Crippen LogP contribution < -0.4 is 4.74 Å². The zero-order valence-corrected chi connectivity index (χ0v) is 27.8. The van der Waals surface area contributed by atoms with Crippen LogP contribution in [0.3, 0.4) is 0 Å². The Morgan fingerprint density at radius 3 is 2.21 bits per heavy atom. The van der Waals surface area contributed by atoms with Crippen LogP contribution in [0.5, 0.6) is 5.75 Å². The number of methoxy groups -OCH3 is 1. The molecule has 3 aliphatic heterocycles. The molecule has 0 N–H and O–H groups in total. The molecule has 258 valence electrons. The van der Waals surface area contributed by atoms with Crippen LogP contribution in [0.25, 0.3) is 0 Å². The first-order chi connectivity index (χ1) is 22.2. The van der Waals surface area contributed by atoms with Crippen LogP contribution in [-0.2, 0) is 14.4 Å². The van der Waals surface area contributed by atoms with E-state index in [1.54, 1.807) is 54.2 Å². The van der Waals surface area contributed by atoms with Gasteiger partial charge in [-0.05, 0) is 79.9 Å². The molecule has 1 aliphatic carbocycles. The molecule has 0 bridgehead atoms. The SMILES string of the molecule is COc1ccc([C@@H]2CN(CC(=O)N(C)C)C[C@@]2(F)C(=O)N2CCC(C3C=CC(C(F)(F)F)=CC3N3CCC(C(=O)Cl)CC3)CC2)cc1. The summed E-state index contributed by atoms with van der Waals surface area (Å²) in [6, 6.07) is 6.43. The molecule has 47 heavy (non-hydrogen) atoms. The third-order valence-corrected chi connectivity index (χ3v) is 10.7. The van der Waals surface area contributed by atoms with Gasteiger partial charge in [0, 0.05) is 58.2 Å². The van der Waals surface area contributed by atoms with E-state index in [9.17, 15) is 27.6 Å². The molecule has 4 atom stereocenters. The number of likely N-dealkylation sites (N-methyl/N-ethyl adjacent to an activating group) is 1. The Hall–Kier alpha value is -2.96. The normalized spacial score (nSPS) is 28.3. The average molecular weight is 683 g/mol. The lowest BCUT2D eigenvalue weighted by Gasteiger charge is -2.45. The molecule has 1 aromatic carbocycles. The standard InChI is InChI=1S/C34H43ClF4N4O4/c1-40(2)30(44)20-41-19-28(23-4-7-26(47-3)8-5-23)33(36,21-41)32(46)43-16-10-22(11-17-43)27-9-6-25(34(37,38)39)18-29(27)42-14-12-24(13-15-42)31(35)45/h4-9,18,22,24,27-29H,10-17,19-21H2,1-3H3/t27?,28-,29?,33-/m0/s1. The second kappa shape index (κ2) is 14.3. The van der Waals surface area contributed by atoms with Crippen molar-refractivity contribution in [1.29, 1.82) is 0 Å². The quantitative estimate of drug-likeness (QED) is 0.294. The molecular weight excluding hydrogens is 640 g/mol. The van der Waals surface area contributed by atoms with Crippen molar-refractivity contribution < 1.29 is 36.7 Å². The summed E-state index contributed by atoms with van der Waals surface area (Å²) in [4.78, 5) is 44.9. The summed E-state index contributed by atoms with van der Waals surface area (Å²) in [5, 5.41) is -0.414. The Bertz CT molecular complexity index is 1370. The van der Waals surface area contributed by atoms with Crippen molar-refractivity contribution in [3.8, 4) is 5.75 Å². The second-order valence-electron chi connectivity index (χ2n) is 13.4. The fraction of sp³-hybridized carbons (Fsp3) is 0.618. The van der Waals surface area contributed by atoms with Crippen LogP contribution in [0.15, 0.2) is 48.1 Å². The van der Waals surface area contributed by atoms with Gasteiger partial charge in [0.2, 0.25) is 16.8 Å². The summed E-state index contributed by atoms with van der Waals surface area (Å²) in [5.41, 5.74) is -2.32. The van der Waals surface area contributed by atoms with Crippen LogP contribution in [-0.4, -0.2) is 122 Å². The molecule has 2 unspecified atom stereocenters. The largest absolute Gasteiger partial charge is 0.497 e. The number of carbonyl (C=O) groups excluding carboxylic acids is 3. The molecular formula is C34H43ClF4N4O4. The first kappa shape index (κ1) is 35.3. The molecule has 3 fully saturated rings. The van der Waals surface area contributed by atoms with Crippen molar-refractivity contribution in [3.63, 3.8) is 0 Å². The van der Waals surface area contributed by atoms with E-state index in [4.69, 9.17) is 16.3 Å². The van der Waals surface area contributed by atoms with E-state index in [0.29, 0.717) is 50.1 Å². The van der Waals surface area contributed by atoms with Crippen molar-refractivity contribution in [2.75, 3.05) is 67.0 Å². The number of hydrogen-bond donors (Lipinski definition) is 0. The second-order valence-corrected chi connectivity index (χ2v) is 13.8. The van der Waals surface area contributed by atoms with Gasteiger partial charge in [0.05, 0.1) is 19.2 Å². The molecule has 0 radical (unpaired) electrons. The highest BCUT2D eigenvalue weighted by molar-refractivity contribution is 6.64. The van der Waals surface area contributed by atoms with E-state index >= 15 is 4.39 Å². The predicted octanol–water partition coefficient (Wildman–Crippen LogP) is 4.65. The first-order valence-electron chi connectivity index (χ1n) is 16.2. The highest BCUT2D eigenvalue weighted by Gasteiger charge is 2.56. The van der Waals surface area contributed by atoms with Crippen LogP contribution in [0.1, 0.15) is 37.2 Å². The zero-order chi connectivity index (χ0) is 34.1. The predicted molar refractivity (Wildman–Crippen MR) is 170 cm³/mol. The van der Waals surface area contributed by atoms with Crippen LogP contribution in [0.2, 0.25) is 0 Å². The first-order valence-corrected chi connectivity index (χ1v) is 16.5. The van der Waals surface area contributed by atoms with Gasteiger partial charge in [-0.3, -0.25) is 24.2 Å². The average Bonchev–Trinajstić information content (AvgIpc) is 3.40.